The highest BCUT2D eigenvalue weighted by Crippen LogP contribution is 2.32. The highest BCUT2D eigenvalue weighted by atomic mass is 16.5. The second-order valence-corrected chi connectivity index (χ2v) is 4.22. The van der Waals surface area contributed by atoms with Crippen molar-refractivity contribution in [1.29, 1.82) is 0 Å². The van der Waals surface area contributed by atoms with Gasteiger partial charge in [-0.1, -0.05) is 0 Å². The summed E-state index contributed by atoms with van der Waals surface area (Å²) in [5, 5.41) is 8.88. The summed E-state index contributed by atoms with van der Waals surface area (Å²) in [5.74, 6) is 0.777. The number of aromatic nitrogens is 2. The number of hydrogen-bond donors (Lipinski definition) is 2. The number of anilines is 1. The number of ether oxygens (including phenoxy) is 2. The third-order valence-electron chi connectivity index (χ3n) is 2.97. The van der Waals surface area contributed by atoms with Crippen molar-refractivity contribution < 1.29 is 19.5 Å². The number of nitrogens with one attached hydrogen (secondary N) is 1. The Labute approximate surface area is 114 Å². The smallest absolute Gasteiger partial charge is 0.358 e. The van der Waals surface area contributed by atoms with Gasteiger partial charge in [-0.25, -0.2) is 9.78 Å². The van der Waals surface area contributed by atoms with E-state index in [1.54, 1.807) is 35.9 Å². The Balaban J connectivity index is 2.01. The number of nitrogens with zero attached hydrogens (tertiary/aromatic N) is 2. The largest absolute Gasteiger partial charge is 0.483 e. The summed E-state index contributed by atoms with van der Waals surface area (Å²) in [4.78, 5) is 15.9. The van der Waals surface area contributed by atoms with Crippen molar-refractivity contribution in [3.63, 3.8) is 0 Å². The molecule has 2 heterocycles. The molecule has 0 saturated heterocycles. The molecule has 0 saturated carbocycles. The molecule has 7 nitrogen and oxygen atoms in total. The lowest BCUT2D eigenvalue weighted by molar-refractivity contribution is 0.0520. The molecule has 1 aliphatic rings. The number of imidazole rings is 1. The standard InChI is InChI=1S/C13H13N3O4/c1-2-19-13(17)9-6-16-10-4-3-8(15-18)5-11(10)20-7-12(16)14-9/h3-6,15,18H,2,7H2,1H3. The summed E-state index contributed by atoms with van der Waals surface area (Å²) in [6.45, 7) is 2.30. The zero-order chi connectivity index (χ0) is 14.1. The molecular formula is C13H13N3O4. The summed E-state index contributed by atoms with van der Waals surface area (Å²) in [7, 11) is 0. The molecule has 0 atom stereocenters. The molecule has 0 unspecified atom stereocenters. The van der Waals surface area contributed by atoms with Crippen LogP contribution < -0.4 is 10.2 Å². The molecule has 2 aromatic rings. The molecule has 7 heteroatoms. The van der Waals surface area contributed by atoms with Crippen LogP contribution in [0.15, 0.2) is 24.4 Å². The van der Waals surface area contributed by atoms with Gasteiger partial charge in [0.15, 0.2) is 11.5 Å². The van der Waals surface area contributed by atoms with Crippen molar-refractivity contribution in [3.05, 3.63) is 35.9 Å². The van der Waals surface area contributed by atoms with Crippen LogP contribution in [0.1, 0.15) is 23.2 Å². The van der Waals surface area contributed by atoms with E-state index in [-0.39, 0.29) is 12.3 Å². The highest BCUT2D eigenvalue weighted by Gasteiger charge is 2.22. The van der Waals surface area contributed by atoms with E-state index in [4.69, 9.17) is 14.7 Å². The van der Waals surface area contributed by atoms with Gasteiger partial charge in [0.1, 0.15) is 12.4 Å². The predicted octanol–water partition coefficient (Wildman–Crippen LogP) is 1.74. The lowest BCUT2D eigenvalue weighted by Crippen LogP contribution is -2.12. The molecule has 0 bridgehead atoms. The fourth-order valence-electron chi connectivity index (χ4n) is 2.07. The number of carbonyl (C=O) groups excluding carboxylic acids is 1. The zero-order valence-electron chi connectivity index (χ0n) is 10.8. The van der Waals surface area contributed by atoms with Gasteiger partial charge < -0.3 is 9.47 Å². The quantitative estimate of drug-likeness (QED) is 0.655. The first kappa shape index (κ1) is 12.5. The number of rotatable bonds is 3. The fourth-order valence-corrected chi connectivity index (χ4v) is 2.07. The number of benzene rings is 1. The number of carbonyl (C=O) groups is 1. The molecule has 20 heavy (non-hydrogen) atoms. The number of fused-ring (bicyclic) bond motifs is 3. The van der Waals surface area contributed by atoms with Gasteiger partial charge in [0.2, 0.25) is 0 Å². The van der Waals surface area contributed by atoms with Gasteiger partial charge in [-0.3, -0.25) is 15.3 Å². The summed E-state index contributed by atoms with van der Waals surface area (Å²) >= 11 is 0. The van der Waals surface area contributed by atoms with Crippen LogP contribution in [0.3, 0.4) is 0 Å². The molecular weight excluding hydrogens is 262 g/mol. The summed E-state index contributed by atoms with van der Waals surface area (Å²) in [6.07, 6.45) is 1.63. The minimum Gasteiger partial charge on any atom is -0.483 e. The molecule has 0 fully saturated rings. The summed E-state index contributed by atoms with van der Waals surface area (Å²) in [5.41, 5.74) is 3.60. The zero-order valence-corrected chi connectivity index (χ0v) is 10.8. The first-order valence-electron chi connectivity index (χ1n) is 6.15. The van der Waals surface area contributed by atoms with Gasteiger partial charge in [-0.15, -0.1) is 0 Å². The van der Waals surface area contributed by atoms with Crippen LogP contribution in [0, 0.1) is 0 Å². The highest BCUT2D eigenvalue weighted by molar-refractivity contribution is 5.87. The molecule has 0 aliphatic carbocycles. The Hall–Kier alpha value is -2.54. The van der Waals surface area contributed by atoms with E-state index in [1.807, 2.05) is 0 Å². The Morgan fingerprint density at radius 2 is 2.45 bits per heavy atom. The van der Waals surface area contributed by atoms with Crippen LogP contribution in [0.25, 0.3) is 5.69 Å². The van der Waals surface area contributed by atoms with Crippen LogP contribution in [0.4, 0.5) is 5.69 Å². The second-order valence-electron chi connectivity index (χ2n) is 4.22. The Bertz CT molecular complexity index is 666. The normalized spacial score (nSPS) is 12.1. The molecule has 104 valence electrons. The minimum atomic E-state index is -0.454. The number of hydrogen-bond acceptors (Lipinski definition) is 6. The maximum atomic E-state index is 11.7. The maximum Gasteiger partial charge on any atom is 0.358 e. The van der Waals surface area contributed by atoms with Crippen molar-refractivity contribution in [3.8, 4) is 11.4 Å². The molecule has 1 aromatic heterocycles. The molecule has 0 amide bonds. The molecule has 0 spiro atoms. The maximum absolute atomic E-state index is 11.7. The molecule has 2 N–H and O–H groups in total. The third kappa shape index (κ3) is 1.97. The molecule has 1 aliphatic heterocycles. The van der Waals surface area contributed by atoms with E-state index in [0.29, 0.717) is 23.9 Å². The molecule has 3 rings (SSSR count). The van der Waals surface area contributed by atoms with Crippen LogP contribution in [-0.4, -0.2) is 27.3 Å². The lowest BCUT2D eigenvalue weighted by atomic mass is 10.2. The van der Waals surface area contributed by atoms with Crippen molar-refractivity contribution in [2.75, 3.05) is 12.1 Å². The van der Waals surface area contributed by atoms with E-state index in [9.17, 15) is 4.79 Å². The van der Waals surface area contributed by atoms with E-state index >= 15 is 0 Å². The van der Waals surface area contributed by atoms with Gasteiger partial charge in [0.05, 0.1) is 18.0 Å². The number of esters is 1. The van der Waals surface area contributed by atoms with Crippen molar-refractivity contribution >= 4 is 11.7 Å². The van der Waals surface area contributed by atoms with Crippen LogP contribution in [0.5, 0.6) is 5.75 Å². The van der Waals surface area contributed by atoms with Crippen molar-refractivity contribution in [1.82, 2.24) is 9.55 Å². The lowest BCUT2D eigenvalue weighted by Gasteiger charge is -2.19. The van der Waals surface area contributed by atoms with Gasteiger partial charge >= 0.3 is 5.97 Å². The van der Waals surface area contributed by atoms with Crippen molar-refractivity contribution in [2.24, 2.45) is 0 Å². The molecule has 0 radical (unpaired) electrons. The van der Waals surface area contributed by atoms with Gasteiger partial charge in [-0.2, -0.15) is 0 Å². The first-order valence-corrected chi connectivity index (χ1v) is 6.15. The topological polar surface area (TPSA) is 85.6 Å². The monoisotopic (exact) mass is 275 g/mol. The predicted molar refractivity (Wildman–Crippen MR) is 69.3 cm³/mol. The molecule has 1 aromatic carbocycles. The third-order valence-corrected chi connectivity index (χ3v) is 2.97. The van der Waals surface area contributed by atoms with Crippen LogP contribution >= 0.6 is 0 Å². The average molecular weight is 275 g/mol. The Kier molecular flexibility index (Phi) is 3.03. The SMILES string of the molecule is CCOC(=O)c1cn2c(n1)COc1cc(NO)ccc1-2. The van der Waals surface area contributed by atoms with E-state index in [0.717, 1.165) is 5.69 Å². The Morgan fingerprint density at radius 1 is 1.60 bits per heavy atom. The Morgan fingerprint density at radius 3 is 3.20 bits per heavy atom. The van der Waals surface area contributed by atoms with Crippen LogP contribution in [0.2, 0.25) is 0 Å². The summed E-state index contributed by atoms with van der Waals surface area (Å²) in [6, 6.07) is 5.14. The fraction of sp³-hybridized carbons (Fsp3) is 0.231. The second kappa shape index (κ2) is 4.86. The van der Waals surface area contributed by atoms with E-state index in [1.165, 1.54) is 0 Å². The minimum absolute atomic E-state index is 0.251. The van der Waals surface area contributed by atoms with Crippen molar-refractivity contribution in [2.45, 2.75) is 13.5 Å². The average Bonchev–Trinajstić information content (AvgIpc) is 2.91. The van der Waals surface area contributed by atoms with E-state index in [2.05, 4.69) is 10.5 Å². The van der Waals surface area contributed by atoms with Gasteiger partial charge in [0.25, 0.3) is 0 Å². The first-order chi connectivity index (χ1) is 9.72. The van der Waals surface area contributed by atoms with E-state index < -0.39 is 5.97 Å². The van der Waals surface area contributed by atoms with Crippen LogP contribution in [-0.2, 0) is 11.3 Å². The summed E-state index contributed by atoms with van der Waals surface area (Å²) < 4.78 is 12.3. The van der Waals surface area contributed by atoms with Gasteiger partial charge in [-0.05, 0) is 19.1 Å². The van der Waals surface area contributed by atoms with Gasteiger partial charge in [0, 0.05) is 12.3 Å².